The Morgan fingerprint density at radius 3 is 2.86 bits per heavy atom. The summed E-state index contributed by atoms with van der Waals surface area (Å²) < 4.78 is 1.77. The predicted molar refractivity (Wildman–Crippen MR) is 60.3 cm³/mol. The molecule has 5 heteroatoms. The molecule has 0 atom stereocenters. The number of hydrogen-bond donors (Lipinski definition) is 0. The van der Waals surface area contributed by atoms with Gasteiger partial charge in [-0.15, -0.1) is 0 Å². The number of aromatic nitrogens is 3. The lowest BCUT2D eigenvalue weighted by Gasteiger charge is -2.07. The van der Waals surface area contributed by atoms with Crippen LogP contribution in [0.2, 0.25) is 5.02 Å². The lowest BCUT2D eigenvalue weighted by Crippen LogP contribution is -2.06. The van der Waals surface area contributed by atoms with Crippen molar-refractivity contribution >= 4 is 30.8 Å². The van der Waals surface area contributed by atoms with Crippen molar-refractivity contribution in [2.75, 3.05) is 0 Å². The van der Waals surface area contributed by atoms with Crippen LogP contribution in [0.5, 0.6) is 0 Å². The van der Waals surface area contributed by atoms with Gasteiger partial charge in [0.2, 0.25) is 0 Å². The molecule has 0 bridgehead atoms. The molecule has 0 aliphatic rings. The molecular formula is C9H11BClN3. The molecule has 0 amide bonds. The summed E-state index contributed by atoms with van der Waals surface area (Å²) in [7, 11) is 1.87. The lowest BCUT2D eigenvalue weighted by molar-refractivity contribution is 0.838. The molecule has 0 radical (unpaired) electrons. The van der Waals surface area contributed by atoms with Crippen molar-refractivity contribution in [1.29, 1.82) is 0 Å². The molecule has 0 saturated heterocycles. The van der Waals surface area contributed by atoms with Crippen LogP contribution < -0.4 is 5.72 Å². The number of fused-ring (bicyclic) bond motifs is 1. The Bertz CT molecular complexity index is 478. The van der Waals surface area contributed by atoms with E-state index >= 15 is 0 Å². The average Bonchev–Trinajstić information content (AvgIpc) is 2.42. The highest BCUT2D eigenvalue weighted by molar-refractivity contribution is 6.32. The highest BCUT2D eigenvalue weighted by Gasteiger charge is 2.08. The van der Waals surface area contributed by atoms with Crippen LogP contribution in [0, 0.1) is 0 Å². The van der Waals surface area contributed by atoms with Crippen molar-refractivity contribution in [3.8, 4) is 0 Å². The van der Waals surface area contributed by atoms with E-state index < -0.39 is 0 Å². The normalized spacial score (nSPS) is 11.4. The summed E-state index contributed by atoms with van der Waals surface area (Å²) in [6.07, 6.45) is 1.95. The molecule has 0 unspecified atom stereocenters. The minimum Gasteiger partial charge on any atom is -0.224 e. The first-order valence-corrected chi connectivity index (χ1v) is 4.98. The molecule has 3 nitrogen and oxygen atoms in total. The van der Waals surface area contributed by atoms with Gasteiger partial charge in [0.15, 0.2) is 13.5 Å². The second kappa shape index (κ2) is 3.28. The molecule has 2 rings (SSSR count). The molecule has 0 aliphatic carbocycles. The minimum absolute atomic E-state index is 0.399. The molecule has 0 fully saturated rings. The monoisotopic (exact) mass is 207 g/mol. The van der Waals surface area contributed by atoms with Gasteiger partial charge in [-0.3, -0.25) is 0 Å². The first-order valence-electron chi connectivity index (χ1n) is 4.60. The molecule has 0 saturated carbocycles. The summed E-state index contributed by atoms with van der Waals surface area (Å²) in [4.78, 5) is 4.24. The van der Waals surface area contributed by atoms with Gasteiger partial charge in [-0.25, -0.2) is 9.50 Å². The summed E-state index contributed by atoms with van der Waals surface area (Å²) in [5, 5.41) is 5.01. The fraction of sp³-hybridized carbons (Fsp3) is 0.333. The highest BCUT2D eigenvalue weighted by Crippen LogP contribution is 2.24. The van der Waals surface area contributed by atoms with Gasteiger partial charge in [-0.05, 0) is 11.5 Å². The van der Waals surface area contributed by atoms with E-state index in [2.05, 4.69) is 23.9 Å². The third-order valence-electron chi connectivity index (χ3n) is 2.18. The molecule has 0 aliphatic heterocycles. The van der Waals surface area contributed by atoms with Crippen LogP contribution in [0.25, 0.3) is 5.65 Å². The zero-order chi connectivity index (χ0) is 10.3. The van der Waals surface area contributed by atoms with Crippen molar-refractivity contribution in [3.63, 3.8) is 0 Å². The molecule has 0 N–H and O–H groups in total. The summed E-state index contributed by atoms with van der Waals surface area (Å²) >= 11 is 6.13. The molecule has 2 aromatic heterocycles. The van der Waals surface area contributed by atoms with E-state index in [0.717, 1.165) is 22.0 Å². The Hall–Kier alpha value is -1.03. The summed E-state index contributed by atoms with van der Waals surface area (Å²) in [5.41, 5.74) is 2.67. The zero-order valence-electron chi connectivity index (χ0n) is 8.45. The van der Waals surface area contributed by atoms with Crippen LogP contribution in [0.1, 0.15) is 25.3 Å². The summed E-state index contributed by atoms with van der Waals surface area (Å²) in [6.45, 7) is 4.22. The maximum absolute atomic E-state index is 6.13. The van der Waals surface area contributed by atoms with Crippen molar-refractivity contribution in [1.82, 2.24) is 14.6 Å². The largest absolute Gasteiger partial charge is 0.224 e. The van der Waals surface area contributed by atoms with Gasteiger partial charge >= 0.3 is 0 Å². The first-order chi connectivity index (χ1) is 6.58. The molecular weight excluding hydrogens is 196 g/mol. The average molecular weight is 207 g/mol. The highest BCUT2D eigenvalue weighted by atomic mass is 35.5. The Morgan fingerprint density at radius 1 is 1.50 bits per heavy atom. The molecule has 14 heavy (non-hydrogen) atoms. The standard InChI is InChI=1S/C9H11BClN3/c1-5(2)6-4-14-8(3-7(6)11)12-9(10)13-14/h3-5H,10H2,1-2H3. The summed E-state index contributed by atoms with van der Waals surface area (Å²) in [5.74, 6) is 0.399. The SMILES string of the molecule is Bc1nc2cc(Cl)c(C(C)C)cn2n1. The van der Waals surface area contributed by atoms with Gasteiger partial charge in [0.1, 0.15) is 5.72 Å². The summed E-state index contributed by atoms with van der Waals surface area (Å²) in [6, 6.07) is 1.86. The van der Waals surface area contributed by atoms with Gasteiger partial charge < -0.3 is 0 Å². The van der Waals surface area contributed by atoms with E-state index in [4.69, 9.17) is 11.6 Å². The van der Waals surface area contributed by atoms with Crippen LogP contribution in [-0.2, 0) is 0 Å². The lowest BCUT2D eigenvalue weighted by atomic mass is 10.1. The van der Waals surface area contributed by atoms with Crippen molar-refractivity contribution in [3.05, 3.63) is 22.8 Å². The third kappa shape index (κ3) is 1.50. The number of hydrogen-bond acceptors (Lipinski definition) is 2. The number of nitrogens with zero attached hydrogens (tertiary/aromatic N) is 3. The fourth-order valence-electron chi connectivity index (χ4n) is 1.45. The minimum atomic E-state index is 0.399. The van der Waals surface area contributed by atoms with Gasteiger partial charge in [0.05, 0.1) is 0 Å². The number of pyridine rings is 1. The van der Waals surface area contributed by atoms with Gasteiger partial charge in [0, 0.05) is 17.3 Å². The molecule has 2 aromatic rings. The smallest absolute Gasteiger partial charge is 0.191 e. The Labute approximate surface area is 88.5 Å². The first kappa shape index (κ1) is 9.53. The van der Waals surface area contributed by atoms with Crippen LogP contribution >= 0.6 is 11.6 Å². The zero-order valence-corrected chi connectivity index (χ0v) is 9.21. The maximum Gasteiger partial charge on any atom is 0.191 e. The van der Waals surface area contributed by atoms with Crippen LogP contribution in [0.15, 0.2) is 12.3 Å². The maximum atomic E-state index is 6.13. The van der Waals surface area contributed by atoms with E-state index in [1.807, 2.05) is 20.1 Å². The Balaban J connectivity index is 2.70. The Morgan fingerprint density at radius 2 is 2.21 bits per heavy atom. The molecule has 72 valence electrons. The number of rotatable bonds is 1. The van der Waals surface area contributed by atoms with Gasteiger partial charge in [-0.1, -0.05) is 25.4 Å². The quantitative estimate of drug-likeness (QED) is 0.647. The molecule has 0 aromatic carbocycles. The molecule has 2 heterocycles. The van der Waals surface area contributed by atoms with E-state index in [1.54, 1.807) is 4.52 Å². The van der Waals surface area contributed by atoms with Crippen molar-refractivity contribution in [2.45, 2.75) is 19.8 Å². The van der Waals surface area contributed by atoms with Gasteiger partial charge in [-0.2, -0.15) is 5.10 Å². The van der Waals surface area contributed by atoms with Crippen LogP contribution in [0.3, 0.4) is 0 Å². The van der Waals surface area contributed by atoms with E-state index in [1.165, 1.54) is 0 Å². The topological polar surface area (TPSA) is 30.2 Å². The van der Waals surface area contributed by atoms with Gasteiger partial charge in [0.25, 0.3) is 0 Å². The predicted octanol–water partition coefficient (Wildman–Crippen LogP) is 0.764. The molecule has 0 spiro atoms. The fourth-order valence-corrected chi connectivity index (χ4v) is 1.82. The van der Waals surface area contributed by atoms with Crippen molar-refractivity contribution < 1.29 is 0 Å². The van der Waals surface area contributed by atoms with Crippen molar-refractivity contribution in [2.24, 2.45) is 0 Å². The second-order valence-electron chi connectivity index (χ2n) is 3.69. The van der Waals surface area contributed by atoms with E-state index in [-0.39, 0.29) is 0 Å². The second-order valence-corrected chi connectivity index (χ2v) is 4.10. The van der Waals surface area contributed by atoms with Crippen LogP contribution in [0.4, 0.5) is 0 Å². The Kier molecular flexibility index (Phi) is 2.23. The third-order valence-corrected chi connectivity index (χ3v) is 2.51. The van der Waals surface area contributed by atoms with E-state index in [9.17, 15) is 0 Å². The number of halogens is 1. The van der Waals surface area contributed by atoms with E-state index in [0.29, 0.717) is 5.92 Å². The van der Waals surface area contributed by atoms with Crippen LogP contribution in [-0.4, -0.2) is 22.4 Å².